The highest BCUT2D eigenvalue weighted by molar-refractivity contribution is 5.98. The fourth-order valence-electron chi connectivity index (χ4n) is 10.8. The molecule has 7 rings (SSSR count). The van der Waals surface area contributed by atoms with Crippen molar-refractivity contribution < 1.29 is 14.4 Å². The van der Waals surface area contributed by atoms with Gasteiger partial charge in [-0.2, -0.15) is 0 Å². The minimum Gasteiger partial charge on any atom is -0.299 e. The zero-order chi connectivity index (χ0) is 20.1. The third kappa shape index (κ3) is 2.16. The Hall–Kier alpha value is -0.990. The summed E-state index contributed by atoms with van der Waals surface area (Å²) >= 11 is 0. The van der Waals surface area contributed by atoms with Crippen LogP contribution in [0.25, 0.3) is 0 Å². The van der Waals surface area contributed by atoms with E-state index in [1.165, 1.54) is 44.9 Å². The normalized spacial score (nSPS) is 56.6. The molecule has 7 fully saturated rings. The van der Waals surface area contributed by atoms with E-state index in [0.717, 1.165) is 32.1 Å². The average molecular weight is 409 g/mol. The molecule has 0 aliphatic heterocycles. The average Bonchev–Trinajstić information content (AvgIpc) is 3.36. The number of hydrogen-bond donors (Lipinski definition) is 0. The van der Waals surface area contributed by atoms with Crippen LogP contribution in [-0.2, 0) is 14.4 Å². The van der Waals surface area contributed by atoms with Gasteiger partial charge in [-0.25, -0.2) is 0 Å². The van der Waals surface area contributed by atoms with E-state index in [9.17, 15) is 14.4 Å². The SMILES string of the molecule is O=C1C2CCCCC2C2C1C1C(=O)C3CCCCC3C1C1C3CCCCC3C(=O)C21. The Morgan fingerprint density at radius 1 is 0.400 bits per heavy atom. The second-order valence-corrected chi connectivity index (χ2v) is 12.2. The Kier molecular flexibility index (Phi) is 4.03. The van der Waals surface area contributed by atoms with Crippen LogP contribution in [-0.4, -0.2) is 17.3 Å². The highest BCUT2D eigenvalue weighted by Gasteiger charge is 2.72. The van der Waals surface area contributed by atoms with Gasteiger partial charge in [-0.3, -0.25) is 14.4 Å². The number of rotatable bonds is 0. The summed E-state index contributed by atoms with van der Waals surface area (Å²) in [6, 6.07) is 0. The maximum Gasteiger partial charge on any atom is 0.140 e. The topological polar surface area (TPSA) is 51.2 Å². The summed E-state index contributed by atoms with van der Waals surface area (Å²) in [7, 11) is 0. The van der Waals surface area contributed by atoms with E-state index < -0.39 is 0 Å². The summed E-state index contributed by atoms with van der Waals surface area (Å²) in [5, 5.41) is 0. The van der Waals surface area contributed by atoms with E-state index in [2.05, 4.69) is 0 Å². The zero-order valence-corrected chi connectivity index (χ0v) is 18.1. The minimum atomic E-state index is -0.0912. The first kappa shape index (κ1) is 18.6. The lowest BCUT2D eigenvalue weighted by Crippen LogP contribution is -2.49. The number of hydrogen-bond acceptors (Lipinski definition) is 3. The Bertz CT molecular complexity index is 800. The lowest BCUT2D eigenvalue weighted by molar-refractivity contribution is -0.141. The number of Topliss-reactive ketones (excluding diaryl/α,β-unsaturated/α-hetero) is 3. The van der Waals surface area contributed by atoms with Gasteiger partial charge in [0.05, 0.1) is 0 Å². The Balaban J connectivity index is 1.39. The van der Waals surface area contributed by atoms with Crippen LogP contribution >= 0.6 is 0 Å². The van der Waals surface area contributed by atoms with Gasteiger partial charge in [-0.1, -0.05) is 38.5 Å². The van der Waals surface area contributed by atoms with E-state index in [1.807, 2.05) is 0 Å². The number of ketones is 3. The molecule has 12 atom stereocenters. The lowest BCUT2D eigenvalue weighted by Gasteiger charge is -2.48. The maximum absolute atomic E-state index is 13.9. The summed E-state index contributed by atoms with van der Waals surface area (Å²) in [4.78, 5) is 41.6. The molecule has 0 bridgehead atoms. The van der Waals surface area contributed by atoms with Crippen LogP contribution in [0.4, 0.5) is 0 Å². The summed E-state index contributed by atoms with van der Waals surface area (Å²) in [6.45, 7) is 0. The van der Waals surface area contributed by atoms with Crippen LogP contribution in [0.3, 0.4) is 0 Å². The summed E-state index contributed by atoms with van der Waals surface area (Å²) in [5.74, 6) is 4.50. The van der Waals surface area contributed by atoms with Gasteiger partial charge in [0.1, 0.15) is 17.3 Å². The first-order valence-corrected chi connectivity index (χ1v) is 13.3. The molecule has 0 spiro atoms. The molecule has 162 valence electrons. The molecule has 0 N–H and O–H groups in total. The molecule has 7 saturated carbocycles. The molecule has 0 heterocycles. The van der Waals surface area contributed by atoms with Crippen molar-refractivity contribution in [2.45, 2.75) is 77.0 Å². The van der Waals surface area contributed by atoms with E-state index in [1.54, 1.807) is 0 Å². The van der Waals surface area contributed by atoms with Gasteiger partial charge in [0.2, 0.25) is 0 Å². The second kappa shape index (κ2) is 6.51. The predicted octanol–water partition coefficient (Wildman–Crippen LogP) is 4.86. The molecule has 0 aromatic heterocycles. The van der Waals surface area contributed by atoms with Crippen LogP contribution in [0.1, 0.15) is 77.0 Å². The largest absolute Gasteiger partial charge is 0.299 e. The van der Waals surface area contributed by atoms with Crippen molar-refractivity contribution in [3.05, 3.63) is 0 Å². The third-order valence-electron chi connectivity index (χ3n) is 11.5. The van der Waals surface area contributed by atoms with Gasteiger partial charge in [0.25, 0.3) is 0 Å². The quantitative estimate of drug-likeness (QED) is 0.575. The summed E-state index contributed by atoms with van der Waals surface area (Å²) < 4.78 is 0. The molecule has 3 heteroatoms. The molecule has 0 saturated heterocycles. The van der Waals surface area contributed by atoms with Crippen LogP contribution in [0, 0.1) is 71.0 Å². The van der Waals surface area contributed by atoms with Gasteiger partial charge in [0, 0.05) is 35.5 Å². The maximum atomic E-state index is 13.9. The molecule has 0 aromatic rings. The lowest BCUT2D eigenvalue weighted by atomic mass is 9.54. The summed E-state index contributed by atoms with van der Waals surface area (Å²) in [5.41, 5.74) is 0. The second-order valence-electron chi connectivity index (χ2n) is 12.2. The van der Waals surface area contributed by atoms with E-state index >= 15 is 0 Å². The van der Waals surface area contributed by atoms with Crippen LogP contribution < -0.4 is 0 Å². The van der Waals surface area contributed by atoms with Crippen molar-refractivity contribution in [1.82, 2.24) is 0 Å². The molecule has 7 aliphatic rings. The van der Waals surface area contributed by atoms with Crippen LogP contribution in [0.15, 0.2) is 0 Å². The van der Waals surface area contributed by atoms with Crippen molar-refractivity contribution in [2.24, 2.45) is 71.0 Å². The number of fused-ring (bicyclic) bond motifs is 12. The number of carbonyl (C=O) groups is 3. The van der Waals surface area contributed by atoms with Crippen molar-refractivity contribution in [2.75, 3.05) is 0 Å². The molecule has 12 unspecified atom stereocenters. The van der Waals surface area contributed by atoms with Gasteiger partial charge in [-0.05, 0) is 74.0 Å². The minimum absolute atomic E-state index is 0.0177. The van der Waals surface area contributed by atoms with Gasteiger partial charge in [-0.15, -0.1) is 0 Å². The summed E-state index contributed by atoms with van der Waals surface area (Å²) in [6.07, 6.45) is 13.9. The molecule has 3 nitrogen and oxygen atoms in total. The monoisotopic (exact) mass is 408 g/mol. The van der Waals surface area contributed by atoms with Crippen molar-refractivity contribution in [1.29, 1.82) is 0 Å². The fourth-order valence-corrected chi connectivity index (χ4v) is 10.8. The number of carbonyl (C=O) groups excluding carboxylic acids is 3. The highest BCUT2D eigenvalue weighted by Crippen LogP contribution is 2.70. The molecule has 0 amide bonds. The smallest absolute Gasteiger partial charge is 0.140 e. The Labute approximate surface area is 180 Å². The van der Waals surface area contributed by atoms with E-state index in [-0.39, 0.29) is 41.4 Å². The first-order valence-electron chi connectivity index (χ1n) is 13.3. The molecule has 0 aromatic carbocycles. The zero-order valence-electron chi connectivity index (χ0n) is 18.1. The van der Waals surface area contributed by atoms with Gasteiger partial charge in [0.15, 0.2) is 0 Å². The third-order valence-corrected chi connectivity index (χ3v) is 11.5. The van der Waals surface area contributed by atoms with Crippen molar-refractivity contribution >= 4 is 17.3 Å². The molecule has 30 heavy (non-hydrogen) atoms. The standard InChI is InChI=1S/C27H36O3/c28-25-16-10-4-1-7-13(16)19-20-14-8-2-5-11-17(14)26(29)23(20)24-21(22(19)25)15-9-3-6-12-18(15)27(24)30/h13-24H,1-12H2. The molecular formula is C27H36O3. The van der Waals surface area contributed by atoms with E-state index in [0.29, 0.717) is 46.9 Å². The van der Waals surface area contributed by atoms with Crippen molar-refractivity contribution in [3.63, 3.8) is 0 Å². The van der Waals surface area contributed by atoms with E-state index in [4.69, 9.17) is 0 Å². The molecule has 0 radical (unpaired) electrons. The molecule has 7 aliphatic carbocycles. The highest BCUT2D eigenvalue weighted by atomic mass is 16.1. The van der Waals surface area contributed by atoms with Gasteiger partial charge < -0.3 is 0 Å². The molecular weight excluding hydrogens is 372 g/mol. The van der Waals surface area contributed by atoms with Crippen molar-refractivity contribution in [3.8, 4) is 0 Å². The van der Waals surface area contributed by atoms with Crippen LogP contribution in [0.5, 0.6) is 0 Å². The predicted molar refractivity (Wildman–Crippen MR) is 112 cm³/mol. The van der Waals surface area contributed by atoms with Crippen LogP contribution in [0.2, 0.25) is 0 Å². The van der Waals surface area contributed by atoms with Gasteiger partial charge >= 0.3 is 0 Å². The Morgan fingerprint density at radius 2 is 0.733 bits per heavy atom. The first-order chi connectivity index (χ1) is 14.7. The fraction of sp³-hybridized carbons (Fsp3) is 0.889. The Morgan fingerprint density at radius 3 is 1.23 bits per heavy atom.